The summed E-state index contributed by atoms with van der Waals surface area (Å²) in [5.41, 5.74) is 6.54. The molecule has 0 bridgehead atoms. The molecule has 3 rings (SSSR count). The first-order valence-corrected chi connectivity index (χ1v) is 6.26. The van der Waals surface area contributed by atoms with Crippen molar-refractivity contribution in [3.05, 3.63) is 12.7 Å². The maximum atomic E-state index is 10.2. The van der Waals surface area contributed by atoms with Gasteiger partial charge in [0.25, 0.3) is 0 Å². The van der Waals surface area contributed by atoms with E-state index in [1.54, 1.807) is 0 Å². The molecule has 1 aliphatic rings. The van der Waals surface area contributed by atoms with Crippen molar-refractivity contribution in [1.29, 1.82) is 0 Å². The van der Waals surface area contributed by atoms with Gasteiger partial charge in [0.2, 0.25) is 0 Å². The molecule has 9 heteroatoms. The number of terminal acetylenes is 1. The highest BCUT2D eigenvalue weighted by atomic mass is 16.6. The number of aliphatic hydroxyl groups excluding tert-OH is 2. The normalized spacial score (nSPS) is 28.6. The number of nitrogen functional groups attached to an aromatic ring is 1. The Morgan fingerprint density at radius 1 is 1.38 bits per heavy atom. The van der Waals surface area contributed by atoms with Crippen LogP contribution < -0.4 is 11.1 Å². The summed E-state index contributed by atoms with van der Waals surface area (Å²) in [7, 11) is 0. The lowest BCUT2D eigenvalue weighted by atomic mass is 10.1. The molecule has 0 spiro atoms. The molecule has 2 aromatic rings. The smallest absolute Gasteiger partial charge is 0.167 e. The Balaban J connectivity index is 1.92. The van der Waals surface area contributed by atoms with Gasteiger partial charge in [0.15, 0.2) is 17.7 Å². The monoisotopic (exact) mass is 290 g/mol. The van der Waals surface area contributed by atoms with E-state index in [9.17, 15) is 10.2 Å². The van der Waals surface area contributed by atoms with Crippen molar-refractivity contribution in [2.24, 2.45) is 0 Å². The summed E-state index contributed by atoms with van der Waals surface area (Å²) in [6.07, 6.45) is 4.15. The van der Waals surface area contributed by atoms with Gasteiger partial charge in [-0.2, -0.15) is 0 Å². The maximum absolute atomic E-state index is 10.2. The van der Waals surface area contributed by atoms with Gasteiger partial charge in [-0.3, -0.25) is 4.57 Å². The molecule has 0 radical (unpaired) electrons. The zero-order valence-electron chi connectivity index (χ0n) is 10.9. The number of ether oxygens (including phenoxy) is 1. The first-order valence-electron chi connectivity index (χ1n) is 6.26. The highest BCUT2D eigenvalue weighted by Crippen LogP contribution is 2.31. The van der Waals surface area contributed by atoms with Gasteiger partial charge in [0, 0.05) is 6.04 Å². The number of anilines is 1. The Bertz CT molecular complexity index is 696. The van der Waals surface area contributed by atoms with Crippen LogP contribution in [0.2, 0.25) is 0 Å². The molecule has 0 saturated carbocycles. The van der Waals surface area contributed by atoms with E-state index in [4.69, 9.17) is 16.9 Å². The van der Waals surface area contributed by atoms with Gasteiger partial charge in [-0.25, -0.2) is 15.0 Å². The van der Waals surface area contributed by atoms with Crippen LogP contribution in [0.25, 0.3) is 11.2 Å². The second-order valence-corrected chi connectivity index (χ2v) is 4.65. The van der Waals surface area contributed by atoms with Crippen LogP contribution in [-0.4, -0.2) is 54.6 Å². The number of nitrogens with zero attached hydrogens (tertiary/aromatic N) is 4. The Kier molecular flexibility index (Phi) is 3.34. The van der Waals surface area contributed by atoms with Crippen molar-refractivity contribution in [2.75, 3.05) is 12.3 Å². The predicted octanol–water partition coefficient (Wildman–Crippen LogP) is -1.79. The second kappa shape index (κ2) is 5.17. The SMILES string of the molecule is C#CNCC1OC(n2cnc3c(N)ncnc32)C(O)C1O. The standard InChI is InChI=1S/C12H14N6O3/c1-2-14-3-6-8(19)9(20)12(21-6)18-5-17-7-10(13)15-4-16-11(7)18/h1,4-6,8-9,12,14,19-20H,3H2,(H2,13,15,16). The summed E-state index contributed by atoms with van der Waals surface area (Å²) < 4.78 is 7.16. The molecule has 4 atom stereocenters. The van der Waals surface area contributed by atoms with Gasteiger partial charge in [0.1, 0.15) is 30.2 Å². The third kappa shape index (κ3) is 2.15. The van der Waals surface area contributed by atoms with Crippen LogP contribution in [0.4, 0.5) is 5.82 Å². The fraction of sp³-hybridized carbons (Fsp3) is 0.417. The summed E-state index contributed by atoms with van der Waals surface area (Å²) in [5, 5.41) is 22.8. The highest BCUT2D eigenvalue weighted by Gasteiger charge is 2.44. The van der Waals surface area contributed by atoms with Gasteiger partial charge in [0.05, 0.1) is 12.9 Å². The van der Waals surface area contributed by atoms with Gasteiger partial charge < -0.3 is 26.0 Å². The Hall–Kier alpha value is -2.41. The van der Waals surface area contributed by atoms with E-state index in [0.29, 0.717) is 11.2 Å². The minimum atomic E-state index is -1.14. The Morgan fingerprint density at radius 2 is 2.19 bits per heavy atom. The molecule has 4 unspecified atom stereocenters. The van der Waals surface area contributed by atoms with E-state index in [1.807, 2.05) is 0 Å². The van der Waals surface area contributed by atoms with Crippen LogP contribution in [-0.2, 0) is 4.74 Å². The van der Waals surface area contributed by atoms with Crippen LogP contribution in [0.5, 0.6) is 0 Å². The number of nitrogens with two attached hydrogens (primary N) is 1. The summed E-state index contributed by atoms with van der Waals surface area (Å²) in [6.45, 7) is 0.217. The number of nitrogens with one attached hydrogen (secondary N) is 1. The lowest BCUT2D eigenvalue weighted by Crippen LogP contribution is -2.36. The molecule has 2 aromatic heterocycles. The molecule has 0 amide bonds. The average molecular weight is 290 g/mol. The van der Waals surface area contributed by atoms with Crippen molar-refractivity contribution in [3.63, 3.8) is 0 Å². The molecule has 0 aromatic carbocycles. The molecular weight excluding hydrogens is 276 g/mol. The highest BCUT2D eigenvalue weighted by molar-refractivity contribution is 5.81. The number of fused-ring (bicyclic) bond motifs is 1. The van der Waals surface area contributed by atoms with Gasteiger partial charge >= 0.3 is 0 Å². The lowest BCUT2D eigenvalue weighted by molar-refractivity contribution is -0.0333. The van der Waals surface area contributed by atoms with Crippen LogP contribution in [0.3, 0.4) is 0 Å². The molecule has 1 saturated heterocycles. The number of hydrogen-bond acceptors (Lipinski definition) is 8. The quantitative estimate of drug-likeness (QED) is 0.385. The zero-order chi connectivity index (χ0) is 15.0. The number of imidazole rings is 1. The van der Waals surface area contributed by atoms with Gasteiger partial charge in [-0.1, -0.05) is 6.42 Å². The topological polar surface area (TPSA) is 131 Å². The van der Waals surface area contributed by atoms with Crippen LogP contribution >= 0.6 is 0 Å². The lowest BCUT2D eigenvalue weighted by Gasteiger charge is -2.16. The maximum Gasteiger partial charge on any atom is 0.167 e. The average Bonchev–Trinajstić information content (AvgIpc) is 3.02. The Morgan fingerprint density at radius 3 is 2.95 bits per heavy atom. The molecule has 0 aliphatic carbocycles. The first-order chi connectivity index (χ1) is 10.1. The fourth-order valence-corrected chi connectivity index (χ4v) is 2.34. The summed E-state index contributed by atoms with van der Waals surface area (Å²) >= 11 is 0. The summed E-state index contributed by atoms with van der Waals surface area (Å²) in [5.74, 6) is 0.234. The van der Waals surface area contributed by atoms with E-state index in [2.05, 4.69) is 26.3 Å². The molecule has 1 fully saturated rings. The summed E-state index contributed by atoms with van der Waals surface area (Å²) in [4.78, 5) is 12.0. The first kappa shape index (κ1) is 13.6. The molecule has 110 valence electrons. The number of rotatable bonds is 3. The summed E-state index contributed by atoms with van der Waals surface area (Å²) in [6, 6.07) is 2.24. The van der Waals surface area contributed by atoms with Crippen LogP contribution in [0.15, 0.2) is 12.7 Å². The van der Waals surface area contributed by atoms with E-state index in [-0.39, 0.29) is 12.4 Å². The molecular formula is C12H14N6O3. The molecule has 21 heavy (non-hydrogen) atoms. The van der Waals surface area contributed by atoms with Crippen molar-refractivity contribution in [2.45, 2.75) is 24.5 Å². The number of aliphatic hydroxyl groups is 2. The van der Waals surface area contributed by atoms with Crippen LogP contribution in [0.1, 0.15) is 6.23 Å². The third-order valence-electron chi connectivity index (χ3n) is 3.40. The predicted molar refractivity (Wildman–Crippen MR) is 72.5 cm³/mol. The van der Waals surface area contributed by atoms with E-state index in [0.717, 1.165) is 0 Å². The molecule has 3 heterocycles. The number of aromatic nitrogens is 4. The van der Waals surface area contributed by atoms with Crippen molar-refractivity contribution in [3.8, 4) is 12.5 Å². The van der Waals surface area contributed by atoms with E-state index < -0.39 is 24.5 Å². The van der Waals surface area contributed by atoms with Crippen LogP contribution in [0, 0.1) is 12.5 Å². The second-order valence-electron chi connectivity index (χ2n) is 4.65. The molecule has 5 N–H and O–H groups in total. The zero-order valence-corrected chi connectivity index (χ0v) is 10.9. The Labute approximate surface area is 119 Å². The number of hydrogen-bond donors (Lipinski definition) is 4. The third-order valence-corrected chi connectivity index (χ3v) is 3.40. The van der Waals surface area contributed by atoms with Gasteiger partial charge in [-0.05, 0) is 0 Å². The molecule has 9 nitrogen and oxygen atoms in total. The van der Waals surface area contributed by atoms with Crippen molar-refractivity contribution in [1.82, 2.24) is 24.8 Å². The minimum absolute atomic E-state index is 0.217. The largest absolute Gasteiger partial charge is 0.387 e. The minimum Gasteiger partial charge on any atom is -0.387 e. The molecule has 1 aliphatic heterocycles. The van der Waals surface area contributed by atoms with E-state index >= 15 is 0 Å². The van der Waals surface area contributed by atoms with E-state index in [1.165, 1.54) is 17.2 Å². The van der Waals surface area contributed by atoms with Crippen molar-refractivity contribution >= 4 is 17.0 Å². The van der Waals surface area contributed by atoms with Crippen molar-refractivity contribution < 1.29 is 14.9 Å². The fourth-order valence-electron chi connectivity index (χ4n) is 2.34. The van der Waals surface area contributed by atoms with Gasteiger partial charge in [-0.15, -0.1) is 0 Å².